The normalized spacial score (nSPS) is 11.8. The number of carbonyl (C=O) groups is 1. The average Bonchev–Trinajstić information content (AvgIpc) is 2.46. The van der Waals surface area contributed by atoms with Crippen LogP contribution < -0.4 is 10.2 Å². The lowest BCUT2D eigenvalue weighted by Crippen LogP contribution is -2.39. The largest absolute Gasteiger partial charge is 0.374 e. The predicted octanol–water partition coefficient (Wildman–Crippen LogP) is 3.75. The maximum absolute atomic E-state index is 12.4. The van der Waals surface area contributed by atoms with Crippen molar-refractivity contribution < 1.29 is 4.79 Å². The fourth-order valence-corrected chi connectivity index (χ4v) is 2.50. The zero-order valence-corrected chi connectivity index (χ0v) is 13.7. The standard InChI is InChI=1S/C16H17IN2O/c1-12(18-14-8-6-7-13(17)11-14)16(20)19(2)15-9-4-3-5-10-15/h3-12,18H,1-2H3/t12-/m0/s1. The molecule has 104 valence electrons. The number of nitrogens with one attached hydrogen (secondary N) is 1. The number of halogens is 1. The summed E-state index contributed by atoms with van der Waals surface area (Å²) in [6.45, 7) is 1.88. The van der Waals surface area contributed by atoms with E-state index in [0.717, 1.165) is 14.9 Å². The molecule has 0 radical (unpaired) electrons. The van der Waals surface area contributed by atoms with Crippen molar-refractivity contribution >= 4 is 39.9 Å². The van der Waals surface area contributed by atoms with Crippen LogP contribution in [0.3, 0.4) is 0 Å². The van der Waals surface area contributed by atoms with E-state index in [-0.39, 0.29) is 11.9 Å². The van der Waals surface area contributed by atoms with Crippen LogP contribution in [0.2, 0.25) is 0 Å². The smallest absolute Gasteiger partial charge is 0.248 e. The van der Waals surface area contributed by atoms with E-state index < -0.39 is 0 Å². The number of benzene rings is 2. The van der Waals surface area contributed by atoms with Gasteiger partial charge in [0, 0.05) is 22.0 Å². The minimum atomic E-state index is -0.279. The maximum atomic E-state index is 12.4. The van der Waals surface area contributed by atoms with Gasteiger partial charge in [-0.3, -0.25) is 4.79 Å². The van der Waals surface area contributed by atoms with Gasteiger partial charge in [-0.15, -0.1) is 0 Å². The van der Waals surface area contributed by atoms with Gasteiger partial charge in [-0.05, 0) is 59.8 Å². The van der Waals surface area contributed by atoms with Crippen molar-refractivity contribution in [3.05, 3.63) is 58.2 Å². The first-order chi connectivity index (χ1) is 9.58. The highest BCUT2D eigenvalue weighted by atomic mass is 127. The number of hydrogen-bond donors (Lipinski definition) is 1. The lowest BCUT2D eigenvalue weighted by Gasteiger charge is -2.23. The minimum Gasteiger partial charge on any atom is -0.374 e. The maximum Gasteiger partial charge on any atom is 0.248 e. The Hall–Kier alpha value is -1.56. The Labute approximate surface area is 133 Å². The van der Waals surface area contributed by atoms with Crippen LogP contribution in [0, 0.1) is 3.57 Å². The van der Waals surface area contributed by atoms with Crippen LogP contribution >= 0.6 is 22.6 Å². The molecule has 1 N–H and O–H groups in total. The van der Waals surface area contributed by atoms with Crippen molar-refractivity contribution in [2.24, 2.45) is 0 Å². The monoisotopic (exact) mass is 380 g/mol. The summed E-state index contributed by atoms with van der Waals surface area (Å²) in [5.41, 5.74) is 1.85. The summed E-state index contributed by atoms with van der Waals surface area (Å²) in [7, 11) is 1.80. The fourth-order valence-electron chi connectivity index (χ4n) is 1.96. The quantitative estimate of drug-likeness (QED) is 0.820. The van der Waals surface area contributed by atoms with Gasteiger partial charge in [-0.1, -0.05) is 24.3 Å². The first-order valence-corrected chi connectivity index (χ1v) is 7.50. The van der Waals surface area contributed by atoms with Crippen molar-refractivity contribution in [3.8, 4) is 0 Å². The first kappa shape index (κ1) is 14.8. The number of likely N-dealkylation sites (N-methyl/N-ethyl adjacent to an activating group) is 1. The van der Waals surface area contributed by atoms with E-state index in [1.807, 2.05) is 61.5 Å². The topological polar surface area (TPSA) is 32.3 Å². The molecule has 0 fully saturated rings. The number of rotatable bonds is 4. The van der Waals surface area contributed by atoms with Gasteiger partial charge < -0.3 is 10.2 Å². The minimum absolute atomic E-state index is 0.0371. The third-order valence-electron chi connectivity index (χ3n) is 3.05. The van der Waals surface area contributed by atoms with Crippen LogP contribution in [0.25, 0.3) is 0 Å². The zero-order valence-electron chi connectivity index (χ0n) is 11.5. The zero-order chi connectivity index (χ0) is 14.5. The van der Waals surface area contributed by atoms with Crippen molar-refractivity contribution in [1.82, 2.24) is 0 Å². The average molecular weight is 380 g/mol. The molecule has 0 saturated heterocycles. The Bertz CT molecular complexity index is 586. The molecule has 1 atom stereocenters. The number of hydrogen-bond acceptors (Lipinski definition) is 2. The fraction of sp³-hybridized carbons (Fsp3) is 0.188. The van der Waals surface area contributed by atoms with E-state index in [9.17, 15) is 4.79 Å². The molecule has 4 heteroatoms. The Kier molecular flexibility index (Phi) is 5.00. The number of anilines is 2. The highest BCUT2D eigenvalue weighted by molar-refractivity contribution is 14.1. The molecule has 0 unspecified atom stereocenters. The molecule has 0 aromatic heterocycles. The van der Waals surface area contributed by atoms with Gasteiger partial charge in [0.05, 0.1) is 0 Å². The third-order valence-corrected chi connectivity index (χ3v) is 3.72. The van der Waals surface area contributed by atoms with Gasteiger partial charge in [0.25, 0.3) is 0 Å². The predicted molar refractivity (Wildman–Crippen MR) is 92.1 cm³/mol. The summed E-state index contributed by atoms with van der Waals surface area (Å²) in [5, 5.41) is 3.24. The lowest BCUT2D eigenvalue weighted by atomic mass is 10.2. The van der Waals surface area contributed by atoms with Crippen LogP contribution in [0.5, 0.6) is 0 Å². The second kappa shape index (κ2) is 6.74. The molecule has 2 aromatic carbocycles. The highest BCUT2D eigenvalue weighted by Crippen LogP contribution is 2.16. The molecule has 0 aliphatic carbocycles. The Morgan fingerprint density at radius 2 is 1.85 bits per heavy atom. The summed E-state index contributed by atoms with van der Waals surface area (Å²) in [5.74, 6) is 0.0371. The van der Waals surface area contributed by atoms with E-state index in [1.165, 1.54) is 0 Å². The van der Waals surface area contributed by atoms with Gasteiger partial charge in [-0.2, -0.15) is 0 Å². The van der Waals surface area contributed by atoms with E-state index in [0.29, 0.717) is 0 Å². The molecule has 2 aromatic rings. The molecular weight excluding hydrogens is 363 g/mol. The van der Waals surface area contributed by atoms with Crippen LogP contribution in [0.1, 0.15) is 6.92 Å². The molecule has 0 aliphatic heterocycles. The van der Waals surface area contributed by atoms with E-state index >= 15 is 0 Å². The summed E-state index contributed by atoms with van der Waals surface area (Å²) in [6, 6.07) is 17.4. The second-order valence-corrected chi connectivity index (χ2v) is 5.85. The van der Waals surface area contributed by atoms with Crippen molar-refractivity contribution in [3.63, 3.8) is 0 Å². The Balaban J connectivity index is 2.05. The molecule has 20 heavy (non-hydrogen) atoms. The molecule has 0 aliphatic rings. The molecule has 0 heterocycles. The molecule has 2 rings (SSSR count). The molecule has 0 bridgehead atoms. The van der Waals surface area contributed by atoms with Crippen molar-refractivity contribution in [2.75, 3.05) is 17.3 Å². The summed E-state index contributed by atoms with van der Waals surface area (Å²) in [4.78, 5) is 14.1. The van der Waals surface area contributed by atoms with Crippen LogP contribution in [-0.4, -0.2) is 19.0 Å². The Morgan fingerprint density at radius 3 is 2.50 bits per heavy atom. The van der Waals surface area contributed by atoms with Crippen LogP contribution in [0.15, 0.2) is 54.6 Å². The summed E-state index contributed by atoms with van der Waals surface area (Å²) < 4.78 is 1.14. The van der Waals surface area contributed by atoms with Crippen LogP contribution in [-0.2, 0) is 4.79 Å². The van der Waals surface area contributed by atoms with E-state index in [1.54, 1.807) is 11.9 Å². The highest BCUT2D eigenvalue weighted by Gasteiger charge is 2.18. The van der Waals surface area contributed by atoms with E-state index in [4.69, 9.17) is 0 Å². The lowest BCUT2D eigenvalue weighted by molar-refractivity contribution is -0.118. The van der Waals surface area contributed by atoms with Gasteiger partial charge in [0.1, 0.15) is 6.04 Å². The number of nitrogens with zero attached hydrogens (tertiary/aromatic N) is 1. The van der Waals surface area contributed by atoms with Gasteiger partial charge in [-0.25, -0.2) is 0 Å². The van der Waals surface area contributed by atoms with E-state index in [2.05, 4.69) is 27.9 Å². The molecule has 0 spiro atoms. The first-order valence-electron chi connectivity index (χ1n) is 6.42. The van der Waals surface area contributed by atoms with Gasteiger partial charge in [0.15, 0.2) is 0 Å². The Morgan fingerprint density at radius 1 is 1.15 bits per heavy atom. The molecular formula is C16H17IN2O. The van der Waals surface area contributed by atoms with Gasteiger partial charge in [0.2, 0.25) is 5.91 Å². The number of carbonyl (C=O) groups excluding carboxylic acids is 1. The molecule has 0 saturated carbocycles. The number of para-hydroxylation sites is 1. The van der Waals surface area contributed by atoms with Crippen molar-refractivity contribution in [1.29, 1.82) is 0 Å². The second-order valence-electron chi connectivity index (χ2n) is 4.61. The summed E-state index contributed by atoms with van der Waals surface area (Å²) >= 11 is 2.26. The molecule has 1 amide bonds. The summed E-state index contributed by atoms with van der Waals surface area (Å²) in [6.07, 6.45) is 0. The molecule has 3 nitrogen and oxygen atoms in total. The van der Waals surface area contributed by atoms with Crippen molar-refractivity contribution in [2.45, 2.75) is 13.0 Å². The SMILES string of the molecule is C[C@H](Nc1cccc(I)c1)C(=O)N(C)c1ccccc1. The number of amides is 1. The van der Waals surface area contributed by atoms with Crippen LogP contribution in [0.4, 0.5) is 11.4 Å². The van der Waals surface area contributed by atoms with Gasteiger partial charge >= 0.3 is 0 Å². The third kappa shape index (κ3) is 3.72.